The Hall–Kier alpha value is -1.64. The molecular weight excluding hydrogens is 346 g/mol. The minimum atomic E-state index is -0.0414. The Labute approximate surface area is 170 Å². The number of rotatable bonds is 6. The molecule has 0 saturated heterocycles. The van der Waals surface area contributed by atoms with Crippen LogP contribution in [0, 0.1) is 22.7 Å². The first-order chi connectivity index (χ1) is 13.2. The minimum absolute atomic E-state index is 0.0161. The van der Waals surface area contributed by atoms with Gasteiger partial charge < -0.3 is 5.32 Å². The maximum Gasteiger partial charge on any atom is 0.202 e. The third-order valence-electron chi connectivity index (χ3n) is 8.17. The van der Waals surface area contributed by atoms with Gasteiger partial charge in [-0.2, -0.15) is 0 Å². The lowest BCUT2D eigenvalue weighted by molar-refractivity contribution is -0.116. The highest BCUT2D eigenvalue weighted by molar-refractivity contribution is 6.19. The van der Waals surface area contributed by atoms with E-state index in [1.807, 2.05) is 0 Å². The van der Waals surface area contributed by atoms with E-state index < -0.39 is 0 Å². The number of ketones is 2. The van der Waals surface area contributed by atoms with Crippen LogP contribution in [0.25, 0.3) is 0 Å². The van der Waals surface area contributed by atoms with E-state index in [0.29, 0.717) is 29.5 Å². The zero-order valence-corrected chi connectivity index (χ0v) is 18.4. The van der Waals surface area contributed by atoms with Crippen molar-refractivity contribution in [1.82, 2.24) is 5.32 Å². The topological polar surface area (TPSA) is 46.2 Å². The molecule has 0 spiro atoms. The molecule has 1 fully saturated rings. The van der Waals surface area contributed by atoms with Crippen LogP contribution in [0.15, 0.2) is 35.1 Å². The summed E-state index contributed by atoms with van der Waals surface area (Å²) in [6, 6.07) is 0. The van der Waals surface area contributed by atoms with E-state index in [-0.39, 0.29) is 22.4 Å². The second-order valence-corrected chi connectivity index (χ2v) is 9.79. The number of carbonyl (C=O) groups is 2. The maximum atomic E-state index is 12.9. The summed E-state index contributed by atoms with van der Waals surface area (Å²) >= 11 is 0. The van der Waals surface area contributed by atoms with Gasteiger partial charge in [0.1, 0.15) is 0 Å². The Morgan fingerprint density at radius 2 is 1.89 bits per heavy atom. The molecular formula is C25H37NO2. The van der Waals surface area contributed by atoms with Gasteiger partial charge in [0.15, 0.2) is 5.78 Å². The lowest BCUT2D eigenvalue weighted by atomic mass is 9.46. The quantitative estimate of drug-likeness (QED) is 0.373. The summed E-state index contributed by atoms with van der Waals surface area (Å²) in [5.74, 6) is 1.08. The molecule has 0 aromatic carbocycles. The average Bonchev–Trinajstić information content (AvgIpc) is 2.65. The fraction of sp³-hybridized carbons (Fsp3) is 0.680. The van der Waals surface area contributed by atoms with Crippen molar-refractivity contribution >= 4 is 11.6 Å². The summed E-state index contributed by atoms with van der Waals surface area (Å²) < 4.78 is 0. The van der Waals surface area contributed by atoms with Crippen LogP contribution < -0.4 is 5.32 Å². The second kappa shape index (κ2) is 8.00. The molecule has 3 nitrogen and oxygen atoms in total. The average molecular weight is 384 g/mol. The number of allylic oxidation sites excluding steroid dienone is 5. The van der Waals surface area contributed by atoms with Crippen LogP contribution in [0.2, 0.25) is 0 Å². The van der Waals surface area contributed by atoms with Crippen LogP contribution in [0.3, 0.4) is 0 Å². The van der Waals surface area contributed by atoms with Crippen molar-refractivity contribution in [3.05, 3.63) is 35.1 Å². The maximum absolute atomic E-state index is 12.9. The molecule has 0 unspecified atom stereocenters. The van der Waals surface area contributed by atoms with Crippen LogP contribution in [0.1, 0.15) is 79.6 Å². The van der Waals surface area contributed by atoms with Gasteiger partial charge in [-0.15, -0.1) is 0 Å². The zero-order valence-electron chi connectivity index (χ0n) is 18.4. The highest BCUT2D eigenvalue weighted by atomic mass is 16.1. The SMILES string of the molecule is CCCCNC1=CC(=O)C(C[C@]2(C)[C@@H](C)CC[C@]3(C)C(C)=CCC[C@@H]23)=CC1=O. The predicted octanol–water partition coefficient (Wildman–Crippen LogP) is 5.53. The smallest absolute Gasteiger partial charge is 0.202 e. The van der Waals surface area contributed by atoms with Gasteiger partial charge in [0, 0.05) is 18.2 Å². The van der Waals surface area contributed by atoms with Gasteiger partial charge in [0.25, 0.3) is 0 Å². The highest BCUT2D eigenvalue weighted by Crippen LogP contribution is 2.62. The van der Waals surface area contributed by atoms with Gasteiger partial charge in [0.05, 0.1) is 5.70 Å². The Morgan fingerprint density at radius 1 is 1.14 bits per heavy atom. The van der Waals surface area contributed by atoms with Gasteiger partial charge in [-0.25, -0.2) is 0 Å². The Bertz CT molecular complexity index is 744. The van der Waals surface area contributed by atoms with Crippen molar-refractivity contribution in [1.29, 1.82) is 0 Å². The summed E-state index contributed by atoms with van der Waals surface area (Å²) in [6.07, 6.45) is 13.1. The van der Waals surface area contributed by atoms with Crippen molar-refractivity contribution in [3.8, 4) is 0 Å². The first-order valence-corrected chi connectivity index (χ1v) is 11.1. The molecule has 0 amide bonds. The number of unbranched alkanes of at least 4 members (excludes halogenated alkanes) is 1. The van der Waals surface area contributed by atoms with Gasteiger partial charge in [-0.3, -0.25) is 9.59 Å². The largest absolute Gasteiger partial charge is 0.382 e. The molecule has 3 aliphatic rings. The van der Waals surface area contributed by atoms with Crippen LogP contribution >= 0.6 is 0 Å². The normalized spacial score (nSPS) is 35.7. The number of hydrogen-bond acceptors (Lipinski definition) is 3. The molecule has 3 aliphatic carbocycles. The summed E-state index contributed by atoms with van der Waals surface area (Å²) in [5.41, 5.74) is 2.96. The molecule has 0 aliphatic heterocycles. The van der Waals surface area contributed by atoms with E-state index >= 15 is 0 Å². The third-order valence-corrected chi connectivity index (χ3v) is 8.17. The fourth-order valence-electron chi connectivity index (χ4n) is 5.90. The first-order valence-electron chi connectivity index (χ1n) is 11.1. The number of nitrogens with one attached hydrogen (secondary N) is 1. The second-order valence-electron chi connectivity index (χ2n) is 9.79. The molecule has 1 saturated carbocycles. The Morgan fingerprint density at radius 3 is 2.61 bits per heavy atom. The van der Waals surface area contributed by atoms with Crippen LogP contribution in [0.4, 0.5) is 0 Å². The molecule has 0 radical (unpaired) electrons. The van der Waals surface area contributed by atoms with Crippen LogP contribution in [-0.2, 0) is 9.59 Å². The summed E-state index contributed by atoms with van der Waals surface area (Å²) in [4.78, 5) is 25.5. The van der Waals surface area contributed by atoms with Crippen LogP contribution in [0.5, 0.6) is 0 Å². The first kappa shape index (κ1) is 21.1. The van der Waals surface area contributed by atoms with Gasteiger partial charge >= 0.3 is 0 Å². The molecule has 0 aromatic heterocycles. The van der Waals surface area contributed by atoms with E-state index in [0.717, 1.165) is 25.8 Å². The summed E-state index contributed by atoms with van der Waals surface area (Å²) in [6.45, 7) is 12.3. The summed E-state index contributed by atoms with van der Waals surface area (Å²) in [7, 11) is 0. The number of carbonyl (C=O) groups excluding carboxylic acids is 2. The van der Waals surface area contributed by atoms with Crippen molar-refractivity contribution in [2.45, 2.75) is 79.6 Å². The van der Waals surface area contributed by atoms with Gasteiger partial charge in [-0.05, 0) is 74.2 Å². The van der Waals surface area contributed by atoms with Crippen molar-refractivity contribution in [2.75, 3.05) is 6.54 Å². The molecule has 3 rings (SSSR count). The highest BCUT2D eigenvalue weighted by Gasteiger charge is 2.53. The van der Waals surface area contributed by atoms with Crippen molar-refractivity contribution in [3.63, 3.8) is 0 Å². The Balaban J connectivity index is 1.82. The molecule has 28 heavy (non-hydrogen) atoms. The molecule has 0 aromatic rings. The fourth-order valence-corrected chi connectivity index (χ4v) is 5.90. The molecule has 0 heterocycles. The predicted molar refractivity (Wildman–Crippen MR) is 115 cm³/mol. The van der Waals surface area contributed by atoms with E-state index in [1.165, 1.54) is 30.9 Å². The van der Waals surface area contributed by atoms with E-state index in [2.05, 4.69) is 46.0 Å². The van der Waals surface area contributed by atoms with Gasteiger partial charge in [-0.1, -0.05) is 45.8 Å². The lowest BCUT2D eigenvalue weighted by Gasteiger charge is -2.58. The molecule has 1 N–H and O–H groups in total. The molecule has 4 atom stereocenters. The van der Waals surface area contributed by atoms with Crippen LogP contribution in [-0.4, -0.2) is 18.1 Å². The zero-order chi connectivity index (χ0) is 20.5. The lowest BCUT2D eigenvalue weighted by Crippen LogP contribution is -2.50. The Kier molecular flexibility index (Phi) is 6.03. The molecule has 0 bridgehead atoms. The van der Waals surface area contributed by atoms with Gasteiger partial charge in [0.2, 0.25) is 5.78 Å². The van der Waals surface area contributed by atoms with Crippen molar-refractivity contribution in [2.24, 2.45) is 22.7 Å². The molecule has 154 valence electrons. The third kappa shape index (κ3) is 3.65. The van der Waals surface area contributed by atoms with E-state index in [9.17, 15) is 9.59 Å². The standard InChI is InChI=1S/C25H37NO2/c1-6-7-13-26-20-15-21(27)19(14-22(20)28)16-25(5)18(3)11-12-24(4)17(2)9-8-10-23(24)25/h9,14-15,18,23,26H,6-8,10-13,16H2,1-5H3/t18-,23+,24+,25+/m0/s1. The van der Waals surface area contributed by atoms with Crippen molar-refractivity contribution < 1.29 is 9.59 Å². The number of hydrogen-bond donors (Lipinski definition) is 1. The minimum Gasteiger partial charge on any atom is -0.382 e. The number of fused-ring (bicyclic) bond motifs is 1. The summed E-state index contributed by atoms with van der Waals surface area (Å²) in [5, 5.41) is 3.14. The van der Waals surface area contributed by atoms with E-state index in [4.69, 9.17) is 0 Å². The molecule has 3 heteroatoms. The van der Waals surface area contributed by atoms with E-state index in [1.54, 1.807) is 6.08 Å². The monoisotopic (exact) mass is 383 g/mol.